The van der Waals surface area contributed by atoms with Gasteiger partial charge in [-0.25, -0.2) is 4.90 Å². The molecule has 2 heterocycles. The Morgan fingerprint density at radius 1 is 0.850 bits per heavy atom. The Balaban J connectivity index is 1.61. The smallest absolute Gasteiger partial charge is 0.144 e. The van der Waals surface area contributed by atoms with E-state index in [4.69, 9.17) is 0 Å². The monoisotopic (exact) mass is 279 g/mol. The highest BCUT2D eigenvalue weighted by molar-refractivity contribution is 4.81. The Morgan fingerprint density at radius 3 is 2.25 bits per heavy atom. The van der Waals surface area contributed by atoms with Gasteiger partial charge in [-0.15, -0.1) is 0 Å². The molecule has 2 saturated heterocycles. The second kappa shape index (κ2) is 5.96. The van der Waals surface area contributed by atoms with Crippen LogP contribution in [-0.4, -0.2) is 36.7 Å². The standard InChI is InChI=1S/C18H34N2/c1-13-5-6-18-19(10-13)11-16(4)20(18)12-17-8-14(2)7-15(3)9-17/h13-18H,5-12H2,1-4H3/p+1. The Morgan fingerprint density at radius 2 is 1.55 bits per heavy atom. The summed E-state index contributed by atoms with van der Waals surface area (Å²) in [5.41, 5.74) is 0. The van der Waals surface area contributed by atoms with E-state index in [0.29, 0.717) is 0 Å². The first-order valence-corrected chi connectivity index (χ1v) is 9.12. The zero-order valence-corrected chi connectivity index (χ0v) is 14.1. The summed E-state index contributed by atoms with van der Waals surface area (Å²) in [6, 6.07) is 0.859. The molecule has 1 aliphatic carbocycles. The van der Waals surface area contributed by atoms with Gasteiger partial charge in [-0.1, -0.05) is 20.8 Å². The first kappa shape index (κ1) is 14.8. The van der Waals surface area contributed by atoms with E-state index in [1.165, 1.54) is 51.7 Å². The van der Waals surface area contributed by atoms with E-state index in [0.717, 1.165) is 35.9 Å². The minimum Gasteiger partial charge on any atom is -0.316 e. The van der Waals surface area contributed by atoms with E-state index in [2.05, 4.69) is 32.6 Å². The van der Waals surface area contributed by atoms with Gasteiger partial charge in [0, 0.05) is 18.9 Å². The molecule has 3 aliphatic rings. The van der Waals surface area contributed by atoms with Crippen LogP contribution in [0.5, 0.6) is 0 Å². The number of rotatable bonds is 2. The Kier molecular flexibility index (Phi) is 4.42. The largest absolute Gasteiger partial charge is 0.316 e. The molecule has 20 heavy (non-hydrogen) atoms. The second-order valence-electron chi connectivity index (χ2n) is 8.62. The molecule has 0 spiro atoms. The molecule has 0 radical (unpaired) electrons. The van der Waals surface area contributed by atoms with E-state index in [1.54, 1.807) is 0 Å². The van der Waals surface area contributed by atoms with Gasteiger partial charge in [0.15, 0.2) is 0 Å². The fraction of sp³-hybridized carbons (Fsp3) is 1.00. The van der Waals surface area contributed by atoms with Crippen molar-refractivity contribution in [3.63, 3.8) is 0 Å². The molecule has 3 rings (SSSR count). The molecule has 3 fully saturated rings. The van der Waals surface area contributed by atoms with Crippen LogP contribution in [0.3, 0.4) is 0 Å². The lowest BCUT2D eigenvalue weighted by Crippen LogP contribution is -3.18. The SMILES string of the molecule is CC1CC(C)CC(C[NH+]2C(C)CN3CC(C)CCC32)C1. The molecular weight excluding hydrogens is 244 g/mol. The van der Waals surface area contributed by atoms with E-state index in [-0.39, 0.29) is 0 Å². The van der Waals surface area contributed by atoms with E-state index in [1.807, 2.05) is 4.90 Å². The van der Waals surface area contributed by atoms with E-state index in [9.17, 15) is 0 Å². The third-order valence-corrected chi connectivity index (χ3v) is 6.29. The lowest BCUT2D eigenvalue weighted by Gasteiger charge is -2.38. The van der Waals surface area contributed by atoms with Gasteiger partial charge in [0.2, 0.25) is 0 Å². The second-order valence-corrected chi connectivity index (χ2v) is 8.62. The normalized spacial score (nSPS) is 50.1. The summed E-state index contributed by atoms with van der Waals surface area (Å²) >= 11 is 0. The molecule has 2 nitrogen and oxygen atoms in total. The number of quaternary nitrogens is 1. The third-order valence-electron chi connectivity index (χ3n) is 6.29. The summed E-state index contributed by atoms with van der Waals surface area (Å²) in [6.45, 7) is 14.0. The maximum Gasteiger partial charge on any atom is 0.144 e. The molecular formula is C18H35N2+. The molecule has 0 bridgehead atoms. The Labute approximate surface area is 125 Å². The van der Waals surface area contributed by atoms with Crippen molar-refractivity contribution in [1.29, 1.82) is 0 Å². The molecule has 1 saturated carbocycles. The molecule has 1 N–H and O–H groups in total. The fourth-order valence-electron chi connectivity index (χ4n) is 5.61. The lowest BCUT2D eigenvalue weighted by molar-refractivity contribution is -0.943. The number of hydrogen-bond acceptors (Lipinski definition) is 1. The average Bonchev–Trinajstić information content (AvgIpc) is 2.64. The van der Waals surface area contributed by atoms with Crippen LogP contribution in [0.1, 0.15) is 59.8 Å². The van der Waals surface area contributed by atoms with Crippen LogP contribution in [0.4, 0.5) is 0 Å². The topological polar surface area (TPSA) is 7.68 Å². The zero-order chi connectivity index (χ0) is 14.3. The molecule has 2 heteroatoms. The zero-order valence-electron chi connectivity index (χ0n) is 14.1. The third kappa shape index (κ3) is 3.06. The summed E-state index contributed by atoms with van der Waals surface area (Å²) in [7, 11) is 0. The van der Waals surface area contributed by atoms with Crippen molar-refractivity contribution in [1.82, 2.24) is 4.90 Å². The maximum absolute atomic E-state index is 2.81. The van der Waals surface area contributed by atoms with Crippen LogP contribution in [0.2, 0.25) is 0 Å². The van der Waals surface area contributed by atoms with Crippen LogP contribution in [0.15, 0.2) is 0 Å². The van der Waals surface area contributed by atoms with Crippen LogP contribution < -0.4 is 4.90 Å². The quantitative estimate of drug-likeness (QED) is 0.815. The molecule has 0 amide bonds. The van der Waals surface area contributed by atoms with Crippen molar-refractivity contribution in [2.24, 2.45) is 23.7 Å². The van der Waals surface area contributed by atoms with Crippen molar-refractivity contribution in [2.45, 2.75) is 72.0 Å². The Bertz CT molecular complexity index is 319. The van der Waals surface area contributed by atoms with Gasteiger partial charge in [-0.05, 0) is 50.4 Å². The van der Waals surface area contributed by atoms with Crippen molar-refractivity contribution in [3.8, 4) is 0 Å². The molecule has 116 valence electrons. The van der Waals surface area contributed by atoms with Gasteiger partial charge in [0.25, 0.3) is 0 Å². The van der Waals surface area contributed by atoms with Crippen molar-refractivity contribution >= 4 is 0 Å². The van der Waals surface area contributed by atoms with Crippen molar-refractivity contribution < 1.29 is 4.90 Å². The molecule has 0 aromatic rings. The van der Waals surface area contributed by atoms with Gasteiger partial charge in [-0.2, -0.15) is 0 Å². The summed E-state index contributed by atoms with van der Waals surface area (Å²) in [5, 5.41) is 0. The lowest BCUT2D eigenvalue weighted by atomic mass is 9.76. The number of nitrogens with zero attached hydrogens (tertiary/aromatic N) is 1. The first-order chi connectivity index (χ1) is 9.52. The van der Waals surface area contributed by atoms with Crippen molar-refractivity contribution in [3.05, 3.63) is 0 Å². The van der Waals surface area contributed by atoms with Gasteiger partial charge < -0.3 is 4.90 Å². The summed E-state index contributed by atoms with van der Waals surface area (Å²) < 4.78 is 0. The van der Waals surface area contributed by atoms with Crippen LogP contribution >= 0.6 is 0 Å². The van der Waals surface area contributed by atoms with Gasteiger partial charge in [0.1, 0.15) is 6.17 Å². The van der Waals surface area contributed by atoms with E-state index >= 15 is 0 Å². The predicted molar refractivity (Wildman–Crippen MR) is 84.7 cm³/mol. The minimum atomic E-state index is 0.855. The summed E-state index contributed by atoms with van der Waals surface area (Å²) in [6.07, 6.45) is 8.20. The highest BCUT2D eigenvalue weighted by Crippen LogP contribution is 2.32. The number of nitrogens with one attached hydrogen (secondary N) is 1. The molecule has 0 aromatic carbocycles. The molecule has 0 aromatic heterocycles. The minimum absolute atomic E-state index is 0.855. The molecule has 2 aliphatic heterocycles. The average molecular weight is 279 g/mol. The summed E-state index contributed by atoms with van der Waals surface area (Å²) in [5.74, 6) is 3.84. The van der Waals surface area contributed by atoms with Crippen LogP contribution in [-0.2, 0) is 0 Å². The predicted octanol–water partition coefficient (Wildman–Crippen LogP) is 2.40. The van der Waals surface area contributed by atoms with Crippen molar-refractivity contribution in [2.75, 3.05) is 19.6 Å². The molecule has 6 unspecified atom stereocenters. The van der Waals surface area contributed by atoms with Gasteiger partial charge in [-0.3, -0.25) is 0 Å². The highest BCUT2D eigenvalue weighted by Gasteiger charge is 2.44. The Hall–Kier alpha value is -0.0800. The highest BCUT2D eigenvalue weighted by atomic mass is 15.4. The maximum atomic E-state index is 2.81. The number of hydrogen-bond donors (Lipinski definition) is 1. The molecule has 6 atom stereocenters. The van der Waals surface area contributed by atoms with Gasteiger partial charge >= 0.3 is 0 Å². The number of piperidine rings is 1. The van der Waals surface area contributed by atoms with Crippen LogP contribution in [0, 0.1) is 23.7 Å². The summed E-state index contributed by atoms with van der Waals surface area (Å²) in [4.78, 5) is 4.74. The fourth-order valence-corrected chi connectivity index (χ4v) is 5.61. The van der Waals surface area contributed by atoms with E-state index < -0.39 is 0 Å². The number of fused-ring (bicyclic) bond motifs is 1. The first-order valence-electron chi connectivity index (χ1n) is 9.12. The van der Waals surface area contributed by atoms with Crippen LogP contribution in [0.25, 0.3) is 0 Å². The van der Waals surface area contributed by atoms with Gasteiger partial charge in [0.05, 0.1) is 19.1 Å².